The summed E-state index contributed by atoms with van der Waals surface area (Å²) in [5, 5.41) is 0.808. The van der Waals surface area contributed by atoms with Crippen LogP contribution in [0.1, 0.15) is 19.8 Å². The molecule has 0 amide bonds. The van der Waals surface area contributed by atoms with Crippen LogP contribution in [-0.2, 0) is 5.54 Å². The van der Waals surface area contributed by atoms with Crippen LogP contribution in [0.15, 0.2) is 29.6 Å². The van der Waals surface area contributed by atoms with Crippen molar-refractivity contribution in [2.75, 3.05) is 0 Å². The van der Waals surface area contributed by atoms with E-state index in [1.54, 1.807) is 10.8 Å². The van der Waals surface area contributed by atoms with Gasteiger partial charge < -0.3 is 4.57 Å². The predicted molar refractivity (Wildman–Crippen MR) is 56.7 cm³/mol. The summed E-state index contributed by atoms with van der Waals surface area (Å²) in [4.78, 5) is 20.0. The zero-order valence-electron chi connectivity index (χ0n) is 8.47. The van der Waals surface area contributed by atoms with E-state index in [0.717, 1.165) is 18.2 Å². The summed E-state index contributed by atoms with van der Waals surface area (Å²) in [6, 6.07) is 1.90. The van der Waals surface area contributed by atoms with Gasteiger partial charge in [-0.25, -0.2) is 9.97 Å². The molecule has 0 N–H and O–H groups in total. The Labute approximate surface area is 86.6 Å². The van der Waals surface area contributed by atoms with Crippen molar-refractivity contribution >= 4 is 10.9 Å². The summed E-state index contributed by atoms with van der Waals surface area (Å²) < 4.78 is 1.79. The molecule has 0 aliphatic heterocycles. The van der Waals surface area contributed by atoms with Crippen LogP contribution < -0.4 is 5.56 Å². The number of rotatable bonds is 1. The first-order chi connectivity index (χ1) is 7.21. The standard InChI is InChI=1S/C11H11N3O/c1-11(3-4-11)14-5-2-8-6-12-7-13-9(8)10(14)15/h2,5-7H,3-4H2,1H3. The van der Waals surface area contributed by atoms with Gasteiger partial charge in [-0.05, 0) is 25.8 Å². The number of aromatic nitrogens is 3. The first-order valence-corrected chi connectivity index (χ1v) is 5.03. The highest BCUT2D eigenvalue weighted by Crippen LogP contribution is 2.41. The quantitative estimate of drug-likeness (QED) is 0.698. The summed E-state index contributed by atoms with van der Waals surface area (Å²) >= 11 is 0. The highest BCUT2D eigenvalue weighted by atomic mass is 16.1. The van der Waals surface area contributed by atoms with Crippen molar-refractivity contribution in [2.45, 2.75) is 25.3 Å². The third-order valence-electron chi connectivity index (χ3n) is 3.12. The van der Waals surface area contributed by atoms with E-state index in [2.05, 4.69) is 16.9 Å². The molecule has 4 nitrogen and oxygen atoms in total. The molecular formula is C11H11N3O. The Morgan fingerprint density at radius 3 is 3.00 bits per heavy atom. The molecular weight excluding hydrogens is 190 g/mol. The molecule has 0 saturated heterocycles. The largest absolute Gasteiger partial charge is 0.308 e. The topological polar surface area (TPSA) is 47.8 Å². The molecule has 76 valence electrons. The van der Waals surface area contributed by atoms with Crippen LogP contribution in [0.2, 0.25) is 0 Å². The van der Waals surface area contributed by atoms with Crippen molar-refractivity contribution in [3.05, 3.63) is 35.1 Å². The molecule has 0 atom stereocenters. The summed E-state index contributed by atoms with van der Waals surface area (Å²) in [5.41, 5.74) is 0.534. The lowest BCUT2D eigenvalue weighted by Gasteiger charge is -2.12. The van der Waals surface area contributed by atoms with Gasteiger partial charge in [-0.15, -0.1) is 0 Å². The second kappa shape index (κ2) is 2.66. The lowest BCUT2D eigenvalue weighted by molar-refractivity contribution is 0.516. The first kappa shape index (κ1) is 8.59. The minimum absolute atomic E-state index is 0.00472. The maximum atomic E-state index is 12.1. The second-order valence-electron chi connectivity index (χ2n) is 4.31. The lowest BCUT2D eigenvalue weighted by Crippen LogP contribution is -2.28. The van der Waals surface area contributed by atoms with Gasteiger partial charge in [0.2, 0.25) is 0 Å². The zero-order chi connectivity index (χ0) is 10.5. The number of fused-ring (bicyclic) bond motifs is 1. The Balaban J connectivity index is 2.35. The second-order valence-corrected chi connectivity index (χ2v) is 4.31. The van der Waals surface area contributed by atoms with Gasteiger partial charge >= 0.3 is 0 Å². The molecule has 2 aromatic rings. The van der Waals surface area contributed by atoms with E-state index in [9.17, 15) is 4.79 Å². The van der Waals surface area contributed by atoms with Crippen molar-refractivity contribution in [3.63, 3.8) is 0 Å². The van der Waals surface area contributed by atoms with Crippen molar-refractivity contribution in [2.24, 2.45) is 0 Å². The van der Waals surface area contributed by atoms with Gasteiger partial charge in [0, 0.05) is 23.3 Å². The van der Waals surface area contributed by atoms with E-state index in [1.807, 2.05) is 12.3 Å². The minimum Gasteiger partial charge on any atom is -0.308 e. The molecule has 2 aromatic heterocycles. The van der Waals surface area contributed by atoms with Gasteiger partial charge in [0.15, 0.2) is 0 Å². The van der Waals surface area contributed by atoms with E-state index in [4.69, 9.17) is 0 Å². The minimum atomic E-state index is -0.00472. The Morgan fingerprint density at radius 1 is 1.47 bits per heavy atom. The third kappa shape index (κ3) is 1.17. The van der Waals surface area contributed by atoms with Crippen molar-refractivity contribution < 1.29 is 0 Å². The van der Waals surface area contributed by atoms with E-state index in [1.165, 1.54) is 6.33 Å². The molecule has 1 saturated carbocycles. The summed E-state index contributed by atoms with van der Waals surface area (Å²) in [5.74, 6) is 0. The molecule has 0 unspecified atom stereocenters. The van der Waals surface area contributed by atoms with Crippen LogP contribution in [0.25, 0.3) is 10.9 Å². The molecule has 1 aliphatic rings. The Kier molecular flexibility index (Phi) is 1.52. The summed E-state index contributed by atoms with van der Waals surface area (Å²) in [6.45, 7) is 2.10. The molecule has 2 heterocycles. The van der Waals surface area contributed by atoms with Gasteiger partial charge in [-0.2, -0.15) is 0 Å². The summed E-state index contributed by atoms with van der Waals surface area (Å²) in [7, 11) is 0. The maximum Gasteiger partial charge on any atom is 0.277 e. The fourth-order valence-corrected chi connectivity index (χ4v) is 1.82. The van der Waals surface area contributed by atoms with Crippen LogP contribution in [0.5, 0.6) is 0 Å². The number of nitrogens with zero attached hydrogens (tertiary/aromatic N) is 3. The first-order valence-electron chi connectivity index (χ1n) is 5.03. The highest BCUT2D eigenvalue weighted by molar-refractivity contribution is 5.75. The number of pyridine rings is 1. The normalized spacial score (nSPS) is 17.9. The lowest BCUT2D eigenvalue weighted by atomic mass is 10.2. The van der Waals surface area contributed by atoms with Gasteiger partial charge in [0.05, 0.1) is 0 Å². The Morgan fingerprint density at radius 2 is 2.27 bits per heavy atom. The molecule has 4 heteroatoms. The SMILES string of the molecule is CC1(n2ccc3cncnc3c2=O)CC1. The Hall–Kier alpha value is -1.71. The number of hydrogen-bond acceptors (Lipinski definition) is 3. The van der Waals surface area contributed by atoms with Crippen LogP contribution >= 0.6 is 0 Å². The molecule has 0 radical (unpaired) electrons. The van der Waals surface area contributed by atoms with Crippen molar-refractivity contribution in [1.29, 1.82) is 0 Å². The van der Waals surface area contributed by atoms with Crippen molar-refractivity contribution in [1.82, 2.24) is 14.5 Å². The van der Waals surface area contributed by atoms with Gasteiger partial charge in [0.25, 0.3) is 5.56 Å². The van der Waals surface area contributed by atoms with Gasteiger partial charge in [0.1, 0.15) is 11.8 Å². The van der Waals surface area contributed by atoms with E-state index < -0.39 is 0 Å². The average Bonchev–Trinajstić information content (AvgIpc) is 2.98. The number of hydrogen-bond donors (Lipinski definition) is 0. The predicted octanol–water partition coefficient (Wildman–Crippen LogP) is 1.30. The average molecular weight is 201 g/mol. The van der Waals surface area contributed by atoms with Crippen LogP contribution in [0.4, 0.5) is 0 Å². The fourth-order valence-electron chi connectivity index (χ4n) is 1.82. The van der Waals surface area contributed by atoms with E-state index in [-0.39, 0.29) is 11.1 Å². The summed E-state index contributed by atoms with van der Waals surface area (Å²) in [6.07, 6.45) is 7.08. The van der Waals surface area contributed by atoms with Crippen LogP contribution in [0.3, 0.4) is 0 Å². The molecule has 3 rings (SSSR count). The maximum absolute atomic E-state index is 12.1. The molecule has 15 heavy (non-hydrogen) atoms. The monoisotopic (exact) mass is 201 g/mol. The van der Waals surface area contributed by atoms with Crippen LogP contribution in [-0.4, -0.2) is 14.5 Å². The smallest absolute Gasteiger partial charge is 0.277 e. The molecule has 0 spiro atoms. The molecule has 0 aromatic carbocycles. The van der Waals surface area contributed by atoms with Crippen LogP contribution in [0, 0.1) is 0 Å². The fraction of sp³-hybridized carbons (Fsp3) is 0.364. The highest BCUT2D eigenvalue weighted by Gasteiger charge is 2.40. The third-order valence-corrected chi connectivity index (χ3v) is 3.12. The van der Waals surface area contributed by atoms with E-state index in [0.29, 0.717) is 5.52 Å². The van der Waals surface area contributed by atoms with E-state index >= 15 is 0 Å². The van der Waals surface area contributed by atoms with Crippen molar-refractivity contribution in [3.8, 4) is 0 Å². The molecule has 1 aliphatic carbocycles. The molecule has 1 fully saturated rings. The van der Waals surface area contributed by atoms with Gasteiger partial charge in [-0.1, -0.05) is 0 Å². The van der Waals surface area contributed by atoms with Gasteiger partial charge in [-0.3, -0.25) is 4.79 Å². The Bertz CT molecular complexity index is 584. The molecule has 0 bridgehead atoms. The zero-order valence-corrected chi connectivity index (χ0v) is 8.47.